The molecule has 0 fully saturated rings. The SMILES string of the molecule is CC(C)C1Sc2cc(F)c(Cl)cc2NC1=O. The Labute approximate surface area is 103 Å². The molecule has 1 unspecified atom stereocenters. The van der Waals surface area contributed by atoms with Gasteiger partial charge in [0.05, 0.1) is 16.0 Å². The van der Waals surface area contributed by atoms with Crippen molar-refractivity contribution in [3.05, 3.63) is 23.0 Å². The zero-order chi connectivity index (χ0) is 11.9. The van der Waals surface area contributed by atoms with Crippen LogP contribution in [-0.2, 0) is 4.79 Å². The summed E-state index contributed by atoms with van der Waals surface area (Å²) in [6.45, 7) is 3.93. The Morgan fingerprint density at radius 1 is 1.50 bits per heavy atom. The van der Waals surface area contributed by atoms with Crippen LogP contribution >= 0.6 is 23.4 Å². The minimum absolute atomic E-state index is 0.0302. The maximum Gasteiger partial charge on any atom is 0.238 e. The number of hydrogen-bond donors (Lipinski definition) is 1. The first-order valence-corrected chi connectivity index (χ1v) is 6.21. The van der Waals surface area contributed by atoms with Crippen LogP contribution in [0.4, 0.5) is 10.1 Å². The maximum atomic E-state index is 13.3. The molecule has 0 saturated carbocycles. The van der Waals surface area contributed by atoms with E-state index in [1.807, 2.05) is 13.8 Å². The van der Waals surface area contributed by atoms with Gasteiger partial charge in [0.2, 0.25) is 5.91 Å². The van der Waals surface area contributed by atoms with Crippen LogP contribution in [0.5, 0.6) is 0 Å². The third-order valence-corrected chi connectivity index (χ3v) is 4.29. The highest BCUT2D eigenvalue weighted by Gasteiger charge is 2.30. The molecule has 1 aliphatic heterocycles. The standard InChI is InChI=1S/C11H11ClFNOS/c1-5(2)10-11(15)14-8-3-6(12)7(13)4-9(8)16-10/h3-5,10H,1-2H3,(H,14,15). The molecule has 2 nitrogen and oxygen atoms in total. The van der Waals surface area contributed by atoms with Crippen molar-refractivity contribution in [3.63, 3.8) is 0 Å². The lowest BCUT2D eigenvalue weighted by Crippen LogP contribution is -2.32. The van der Waals surface area contributed by atoms with Gasteiger partial charge in [-0.15, -0.1) is 11.8 Å². The average molecular weight is 260 g/mol. The van der Waals surface area contributed by atoms with Crippen molar-refractivity contribution in [2.45, 2.75) is 24.0 Å². The summed E-state index contributed by atoms with van der Waals surface area (Å²) in [5.41, 5.74) is 0.596. The van der Waals surface area contributed by atoms with E-state index in [9.17, 15) is 9.18 Å². The van der Waals surface area contributed by atoms with Gasteiger partial charge in [0, 0.05) is 4.90 Å². The molecule has 16 heavy (non-hydrogen) atoms. The van der Waals surface area contributed by atoms with Gasteiger partial charge in [-0.25, -0.2) is 4.39 Å². The summed E-state index contributed by atoms with van der Waals surface area (Å²) in [6.07, 6.45) is 0. The number of amides is 1. The largest absolute Gasteiger partial charge is 0.324 e. The molecule has 0 aromatic heterocycles. The van der Waals surface area contributed by atoms with E-state index in [-0.39, 0.29) is 22.1 Å². The molecule has 1 aromatic carbocycles. The molecule has 0 bridgehead atoms. The number of benzene rings is 1. The van der Waals surface area contributed by atoms with E-state index < -0.39 is 5.82 Å². The van der Waals surface area contributed by atoms with Gasteiger partial charge in [-0.05, 0) is 18.1 Å². The Morgan fingerprint density at radius 2 is 2.19 bits per heavy atom. The molecule has 1 heterocycles. The predicted molar refractivity (Wildman–Crippen MR) is 64.5 cm³/mol. The molecule has 1 aliphatic rings. The Morgan fingerprint density at radius 3 is 2.81 bits per heavy atom. The van der Waals surface area contributed by atoms with Gasteiger partial charge in [0.1, 0.15) is 5.82 Å². The topological polar surface area (TPSA) is 29.1 Å². The number of carbonyl (C=O) groups is 1. The summed E-state index contributed by atoms with van der Waals surface area (Å²) in [5.74, 6) is -0.293. The third-order valence-electron chi connectivity index (χ3n) is 2.40. The summed E-state index contributed by atoms with van der Waals surface area (Å²) in [5, 5.41) is 2.61. The van der Waals surface area contributed by atoms with Crippen LogP contribution in [0.1, 0.15) is 13.8 Å². The van der Waals surface area contributed by atoms with Crippen molar-refractivity contribution in [2.75, 3.05) is 5.32 Å². The lowest BCUT2D eigenvalue weighted by molar-refractivity contribution is -0.116. The Balaban J connectivity index is 2.39. The molecule has 0 aliphatic carbocycles. The Kier molecular flexibility index (Phi) is 3.13. The van der Waals surface area contributed by atoms with Crippen molar-refractivity contribution in [1.29, 1.82) is 0 Å². The zero-order valence-electron chi connectivity index (χ0n) is 8.88. The number of rotatable bonds is 1. The molecular formula is C11H11ClFNOS. The third kappa shape index (κ3) is 2.04. The predicted octanol–water partition coefficient (Wildman–Crippen LogP) is 3.55. The van der Waals surface area contributed by atoms with Crippen molar-refractivity contribution < 1.29 is 9.18 Å². The van der Waals surface area contributed by atoms with Crippen LogP contribution in [0.3, 0.4) is 0 Å². The van der Waals surface area contributed by atoms with Gasteiger partial charge < -0.3 is 5.32 Å². The van der Waals surface area contributed by atoms with Crippen LogP contribution in [0.2, 0.25) is 5.02 Å². The highest BCUT2D eigenvalue weighted by Crippen LogP contribution is 2.40. The van der Waals surface area contributed by atoms with Crippen molar-refractivity contribution in [3.8, 4) is 0 Å². The molecule has 2 rings (SSSR count). The molecule has 86 valence electrons. The lowest BCUT2D eigenvalue weighted by Gasteiger charge is -2.26. The minimum Gasteiger partial charge on any atom is -0.324 e. The highest BCUT2D eigenvalue weighted by molar-refractivity contribution is 8.01. The highest BCUT2D eigenvalue weighted by atomic mass is 35.5. The lowest BCUT2D eigenvalue weighted by atomic mass is 10.1. The molecule has 0 spiro atoms. The van der Waals surface area contributed by atoms with Crippen molar-refractivity contribution in [2.24, 2.45) is 5.92 Å². The monoisotopic (exact) mass is 259 g/mol. The van der Waals surface area contributed by atoms with Crippen LogP contribution in [0.25, 0.3) is 0 Å². The second-order valence-corrected chi connectivity index (χ2v) is 5.62. The fraction of sp³-hybridized carbons (Fsp3) is 0.364. The van der Waals surface area contributed by atoms with Crippen LogP contribution in [-0.4, -0.2) is 11.2 Å². The number of carbonyl (C=O) groups excluding carboxylic acids is 1. The zero-order valence-corrected chi connectivity index (χ0v) is 10.5. The molecule has 1 N–H and O–H groups in total. The van der Waals surface area contributed by atoms with E-state index in [1.54, 1.807) is 0 Å². The van der Waals surface area contributed by atoms with Gasteiger partial charge >= 0.3 is 0 Å². The van der Waals surface area contributed by atoms with Gasteiger partial charge in [0.25, 0.3) is 0 Å². The van der Waals surface area contributed by atoms with E-state index in [0.29, 0.717) is 5.69 Å². The van der Waals surface area contributed by atoms with Gasteiger partial charge in [-0.1, -0.05) is 25.4 Å². The van der Waals surface area contributed by atoms with E-state index in [1.165, 1.54) is 23.9 Å². The fourth-order valence-corrected chi connectivity index (χ4v) is 2.84. The molecule has 0 radical (unpaired) electrons. The van der Waals surface area contributed by atoms with Gasteiger partial charge in [-0.3, -0.25) is 4.79 Å². The quantitative estimate of drug-likeness (QED) is 0.836. The normalized spacial score (nSPS) is 19.6. The van der Waals surface area contributed by atoms with E-state index in [0.717, 1.165) is 4.90 Å². The molecular weight excluding hydrogens is 249 g/mol. The number of hydrogen-bond acceptors (Lipinski definition) is 2. The molecule has 1 amide bonds. The molecule has 0 saturated heterocycles. The smallest absolute Gasteiger partial charge is 0.238 e. The number of anilines is 1. The summed E-state index contributed by atoms with van der Waals surface area (Å²) in [4.78, 5) is 12.5. The number of halogens is 2. The second kappa shape index (κ2) is 4.26. The molecule has 5 heteroatoms. The van der Waals surface area contributed by atoms with Crippen molar-refractivity contribution in [1.82, 2.24) is 0 Å². The Hall–Kier alpha value is -0.740. The Bertz CT molecular complexity index is 450. The fourth-order valence-electron chi connectivity index (χ4n) is 1.56. The summed E-state index contributed by atoms with van der Waals surface area (Å²) >= 11 is 7.04. The molecule has 1 atom stereocenters. The van der Waals surface area contributed by atoms with Crippen LogP contribution in [0.15, 0.2) is 17.0 Å². The average Bonchev–Trinajstić information content (AvgIpc) is 2.19. The first-order valence-electron chi connectivity index (χ1n) is 4.95. The number of fused-ring (bicyclic) bond motifs is 1. The van der Waals surface area contributed by atoms with E-state index >= 15 is 0 Å². The molecule has 1 aromatic rings. The number of thioether (sulfide) groups is 1. The first kappa shape index (κ1) is 11.7. The van der Waals surface area contributed by atoms with Gasteiger partial charge in [0.15, 0.2) is 0 Å². The summed E-state index contributed by atoms with van der Waals surface area (Å²) in [7, 11) is 0. The van der Waals surface area contributed by atoms with Crippen LogP contribution in [0, 0.1) is 11.7 Å². The second-order valence-electron chi connectivity index (χ2n) is 4.03. The van der Waals surface area contributed by atoms with Gasteiger partial charge in [-0.2, -0.15) is 0 Å². The van der Waals surface area contributed by atoms with E-state index in [2.05, 4.69) is 5.32 Å². The van der Waals surface area contributed by atoms with E-state index in [4.69, 9.17) is 11.6 Å². The minimum atomic E-state index is -0.452. The summed E-state index contributed by atoms with van der Waals surface area (Å²) in [6, 6.07) is 2.82. The van der Waals surface area contributed by atoms with Crippen LogP contribution < -0.4 is 5.32 Å². The first-order chi connectivity index (χ1) is 7.49. The summed E-state index contributed by atoms with van der Waals surface area (Å²) < 4.78 is 13.3. The number of nitrogens with one attached hydrogen (secondary N) is 1. The van der Waals surface area contributed by atoms with Crippen molar-refractivity contribution >= 4 is 35.0 Å². The maximum absolute atomic E-state index is 13.3.